The van der Waals surface area contributed by atoms with Gasteiger partial charge in [0.1, 0.15) is 6.04 Å². The number of ether oxygens (including phenoxy) is 1. The summed E-state index contributed by atoms with van der Waals surface area (Å²) < 4.78 is 9.99. The van der Waals surface area contributed by atoms with Crippen LogP contribution in [-0.4, -0.2) is 30.2 Å². The minimum absolute atomic E-state index is 0. The fourth-order valence-corrected chi connectivity index (χ4v) is 0.463. The summed E-state index contributed by atoms with van der Waals surface area (Å²) >= 11 is 0. The average Bonchev–Trinajstić information content (AvgIpc) is 2.59. The molecule has 1 amide bonds. The van der Waals surface area contributed by atoms with Crippen LogP contribution in [-0.2, 0) is 42.2 Å². The number of carbonyl (C=O) groups is 1. The molecule has 11 heavy (non-hydrogen) atoms. The molecule has 0 aromatic heterocycles. The maximum Gasteiger partial charge on any atom is 0.268 e. The fourth-order valence-electron chi connectivity index (χ4n) is 0.463. The standard InChI is InChI=1S/C4H5N2O3.CH3.Y/c7-4(6-8)3-1-9-2-5-3;;/h3,8H,1H2,(H,6,7);1H3;/q2*-1;/i;1D;. The second-order valence-electron chi connectivity index (χ2n) is 1.52. The summed E-state index contributed by atoms with van der Waals surface area (Å²) in [5.41, 5.74) is 1.45. The summed E-state index contributed by atoms with van der Waals surface area (Å²) in [4.78, 5) is 13.9. The molecule has 0 bridgehead atoms. The zero-order valence-electron chi connectivity index (χ0n) is 6.78. The molecule has 1 atom stereocenters. The third-order valence-electron chi connectivity index (χ3n) is 0.927. The summed E-state index contributed by atoms with van der Waals surface area (Å²) in [7, 11) is 2.50. The molecule has 1 unspecified atom stereocenters. The summed E-state index contributed by atoms with van der Waals surface area (Å²) in [6.45, 7) is 0.159. The summed E-state index contributed by atoms with van der Waals surface area (Å²) in [6, 6.07) is -0.630. The molecule has 1 aliphatic heterocycles. The van der Waals surface area contributed by atoms with Gasteiger partial charge < -0.3 is 17.1 Å². The van der Waals surface area contributed by atoms with Gasteiger partial charge in [-0.05, 0) is 0 Å². The van der Waals surface area contributed by atoms with E-state index < -0.39 is 11.9 Å². The number of rotatable bonds is 1. The third-order valence-corrected chi connectivity index (χ3v) is 0.927. The number of hydroxylamine groups is 1. The molecule has 2 N–H and O–H groups in total. The van der Waals surface area contributed by atoms with E-state index in [-0.39, 0.29) is 39.3 Å². The zero-order chi connectivity index (χ0) is 8.69. The van der Waals surface area contributed by atoms with Gasteiger partial charge in [0.2, 0.25) is 0 Å². The Morgan fingerprint density at radius 3 is 3.00 bits per heavy atom. The number of hydrogen-bond acceptors (Lipinski definition) is 4. The summed E-state index contributed by atoms with van der Waals surface area (Å²) in [5, 5.41) is 8.05. The Kier molecular flexibility index (Phi) is 6.70. The summed E-state index contributed by atoms with van der Waals surface area (Å²) in [5.74, 6) is -0.569. The molecule has 0 aliphatic carbocycles. The number of carbonyl (C=O) groups excluding carboxylic acids is 1. The normalized spacial score (nSPS) is 19.8. The van der Waals surface area contributed by atoms with Crippen molar-refractivity contribution in [3.05, 3.63) is 7.40 Å². The van der Waals surface area contributed by atoms with Gasteiger partial charge in [-0.1, -0.05) is 0 Å². The maximum absolute atomic E-state index is 10.4. The quantitative estimate of drug-likeness (QED) is 0.356. The van der Waals surface area contributed by atoms with Crippen LogP contribution in [0.4, 0.5) is 0 Å². The van der Waals surface area contributed by atoms with Crippen LogP contribution in [0.5, 0.6) is 0 Å². The van der Waals surface area contributed by atoms with E-state index in [2.05, 4.69) is 23.5 Å². The van der Waals surface area contributed by atoms with Crippen molar-refractivity contribution in [2.75, 3.05) is 6.61 Å². The molecule has 61 valence electrons. The van der Waals surface area contributed by atoms with Crippen molar-refractivity contribution in [1.29, 1.82) is 0 Å². The SMILES string of the molecule is O=C(NO)C1CO[C-]=N1.[2H][CH2-].[Y]. The Bertz CT molecular complexity index is 156. The number of hydrogen-bond donors (Lipinski definition) is 2. The molecule has 1 rings (SSSR count). The second kappa shape index (κ2) is 6.70. The Balaban J connectivity index is 0. The van der Waals surface area contributed by atoms with Gasteiger partial charge in [0, 0.05) is 32.7 Å². The topological polar surface area (TPSA) is 70.9 Å². The molecule has 1 aliphatic rings. The number of nitrogens with zero attached hydrogens (tertiary/aromatic N) is 1. The van der Waals surface area contributed by atoms with Crippen LogP contribution in [0, 0.1) is 7.40 Å². The smallest absolute Gasteiger partial charge is 0.268 e. The molecule has 0 saturated heterocycles. The Morgan fingerprint density at radius 2 is 2.64 bits per heavy atom. The largest absolute Gasteiger partial charge is 0.673 e. The average molecular weight is 234 g/mol. The van der Waals surface area contributed by atoms with Crippen LogP contribution in [0.2, 0.25) is 0 Å². The van der Waals surface area contributed by atoms with E-state index in [1.165, 1.54) is 5.48 Å². The van der Waals surface area contributed by atoms with E-state index in [1.54, 1.807) is 0 Å². The van der Waals surface area contributed by atoms with Gasteiger partial charge in [0.05, 0.1) is 6.61 Å². The fraction of sp³-hybridized carbons (Fsp3) is 0.400. The van der Waals surface area contributed by atoms with Crippen molar-refractivity contribution in [1.82, 2.24) is 5.48 Å². The van der Waals surface area contributed by atoms with Gasteiger partial charge in [-0.25, -0.2) is 13.3 Å². The minimum atomic E-state index is -0.630. The Labute approximate surface area is 91.5 Å². The molecule has 5 nitrogen and oxygen atoms in total. The molecular formula is C5H8N2O3Y-2. The number of nitrogens with one attached hydrogen (secondary N) is 1. The van der Waals surface area contributed by atoms with E-state index in [0.29, 0.717) is 0 Å². The van der Waals surface area contributed by atoms with E-state index in [1.807, 2.05) is 0 Å². The van der Waals surface area contributed by atoms with Crippen LogP contribution in [0.15, 0.2) is 4.99 Å². The van der Waals surface area contributed by atoms with Gasteiger partial charge in [-0.15, -0.1) is 0 Å². The van der Waals surface area contributed by atoms with Crippen LogP contribution in [0.25, 0.3) is 0 Å². The van der Waals surface area contributed by atoms with Crippen LogP contribution in [0.3, 0.4) is 0 Å². The van der Waals surface area contributed by atoms with E-state index >= 15 is 0 Å². The van der Waals surface area contributed by atoms with Crippen LogP contribution < -0.4 is 5.48 Å². The Hall–Kier alpha value is 0.00390. The van der Waals surface area contributed by atoms with Gasteiger partial charge >= 0.3 is 0 Å². The van der Waals surface area contributed by atoms with Crippen molar-refractivity contribution >= 4 is 12.3 Å². The molecule has 0 spiro atoms. The van der Waals surface area contributed by atoms with Crippen molar-refractivity contribution in [2.45, 2.75) is 6.04 Å². The van der Waals surface area contributed by atoms with Crippen molar-refractivity contribution in [2.24, 2.45) is 4.99 Å². The van der Waals surface area contributed by atoms with Gasteiger partial charge in [-0.2, -0.15) is 0 Å². The molecule has 1 radical (unpaired) electrons. The predicted octanol–water partition coefficient (Wildman–Crippen LogP) is -0.756. The molecule has 0 fully saturated rings. The van der Waals surface area contributed by atoms with Crippen LogP contribution in [0.1, 0.15) is 1.37 Å². The maximum atomic E-state index is 10.4. The number of amides is 1. The first-order valence-electron chi connectivity index (χ1n) is 3.06. The number of aliphatic imine (C=N–C) groups is 1. The van der Waals surface area contributed by atoms with Crippen molar-refractivity contribution in [3.63, 3.8) is 0 Å². The van der Waals surface area contributed by atoms with Crippen molar-refractivity contribution < 1.29 is 48.8 Å². The summed E-state index contributed by atoms with van der Waals surface area (Å²) in [6.07, 6.45) is 2.14. The first-order valence-corrected chi connectivity index (χ1v) is 2.35. The van der Waals surface area contributed by atoms with Crippen molar-refractivity contribution in [3.8, 4) is 0 Å². The predicted molar refractivity (Wildman–Crippen MR) is 33.5 cm³/mol. The van der Waals surface area contributed by atoms with E-state index in [9.17, 15) is 4.79 Å². The minimum Gasteiger partial charge on any atom is -0.673 e. The van der Waals surface area contributed by atoms with E-state index in [0.717, 1.165) is 0 Å². The molecule has 0 saturated carbocycles. The molecule has 0 aromatic rings. The van der Waals surface area contributed by atoms with Gasteiger partial charge in [-0.3, -0.25) is 10.0 Å². The Morgan fingerprint density at radius 1 is 2.00 bits per heavy atom. The van der Waals surface area contributed by atoms with Gasteiger partial charge in [0.25, 0.3) is 5.91 Å². The van der Waals surface area contributed by atoms with Crippen LogP contribution >= 0.6 is 0 Å². The third kappa shape index (κ3) is 3.79. The molecule has 0 aromatic carbocycles. The molecule has 1 heterocycles. The first kappa shape index (κ1) is 11.0. The zero-order valence-corrected chi connectivity index (χ0v) is 8.62. The van der Waals surface area contributed by atoms with E-state index in [4.69, 9.17) is 6.58 Å². The molecular weight excluding hydrogens is 225 g/mol. The monoisotopic (exact) mass is 234 g/mol. The second-order valence-corrected chi connectivity index (χ2v) is 1.52. The molecule has 6 heteroatoms. The first-order chi connectivity index (χ1) is 5.34. The van der Waals surface area contributed by atoms with Gasteiger partial charge in [0.15, 0.2) is 0 Å².